The van der Waals surface area contributed by atoms with Crippen LogP contribution in [0.3, 0.4) is 0 Å². The van der Waals surface area contributed by atoms with E-state index >= 15 is 0 Å². The number of carbonyl (C=O) groups excluding carboxylic acids is 1. The molecule has 11 nitrogen and oxygen atoms in total. The number of aliphatic hydroxyl groups is 1. The molecule has 11 heteroatoms. The average Bonchev–Trinajstić information content (AvgIpc) is 3.64. The zero-order valence-electron chi connectivity index (χ0n) is 25.6. The Hall–Kier alpha value is -3.93. The molecule has 44 heavy (non-hydrogen) atoms. The molecule has 2 aromatic carbocycles. The fraction of sp³-hybridized carbons (Fsp3) is 0.485. The van der Waals surface area contributed by atoms with Crippen LogP contribution in [0.5, 0.6) is 23.1 Å². The molecular formula is C33H42N4O7. The second-order valence-electron chi connectivity index (χ2n) is 11.8. The first-order valence-corrected chi connectivity index (χ1v) is 15.4. The van der Waals surface area contributed by atoms with Gasteiger partial charge in [0.15, 0.2) is 0 Å². The molecule has 4 heterocycles. The summed E-state index contributed by atoms with van der Waals surface area (Å²) in [4.78, 5) is 20.9. The number of aromatic nitrogens is 1. The lowest BCUT2D eigenvalue weighted by molar-refractivity contribution is 0.0501. The quantitative estimate of drug-likeness (QED) is 0.231. The number of rotatable bonds is 10. The van der Waals surface area contributed by atoms with Gasteiger partial charge in [-0.25, -0.2) is 4.79 Å². The second-order valence-corrected chi connectivity index (χ2v) is 11.8. The fourth-order valence-electron chi connectivity index (χ4n) is 6.36. The molecule has 0 spiro atoms. The number of hydrogen-bond acceptors (Lipinski definition) is 9. The third-order valence-corrected chi connectivity index (χ3v) is 8.88. The van der Waals surface area contributed by atoms with Gasteiger partial charge in [0.25, 0.3) is 0 Å². The summed E-state index contributed by atoms with van der Waals surface area (Å²) in [7, 11) is 3.21. The molecule has 0 aliphatic carbocycles. The van der Waals surface area contributed by atoms with E-state index in [-0.39, 0.29) is 18.8 Å². The number of amides is 1. The van der Waals surface area contributed by atoms with Crippen molar-refractivity contribution in [2.75, 3.05) is 46.9 Å². The number of H-pyrrole nitrogens is 1. The standard InChI is InChI=1S/C33H42N4O7/c1-21(37-13-9-24(38)10-14-37)18-36-11-7-23(8-12-36)34-33(39)44-31-17-26-27(35-31)5-4-6-28(26)42-19-22-20-43-30-16-25(40-2)15-29(41-3)32(22)30/h4-6,15-17,20-21,23-24,35,38H,7-14,18-19H2,1-3H3,(H,34,39)/t21-/m0/s1. The van der Waals surface area contributed by atoms with Crippen molar-refractivity contribution in [2.24, 2.45) is 0 Å². The summed E-state index contributed by atoms with van der Waals surface area (Å²) in [5.41, 5.74) is 2.30. The highest BCUT2D eigenvalue weighted by molar-refractivity contribution is 5.90. The summed E-state index contributed by atoms with van der Waals surface area (Å²) in [5.74, 6) is 2.30. The number of benzene rings is 2. The minimum atomic E-state index is -0.467. The van der Waals surface area contributed by atoms with Gasteiger partial charge >= 0.3 is 6.09 Å². The number of hydrogen-bond donors (Lipinski definition) is 3. The highest BCUT2D eigenvalue weighted by Gasteiger charge is 2.26. The highest BCUT2D eigenvalue weighted by Crippen LogP contribution is 2.36. The van der Waals surface area contributed by atoms with Crippen molar-refractivity contribution >= 4 is 28.0 Å². The van der Waals surface area contributed by atoms with Crippen LogP contribution >= 0.6 is 0 Å². The molecule has 2 aromatic heterocycles. The van der Waals surface area contributed by atoms with Crippen LogP contribution in [-0.2, 0) is 6.61 Å². The first kappa shape index (κ1) is 30.1. The number of furan rings is 1. The molecule has 0 unspecified atom stereocenters. The van der Waals surface area contributed by atoms with Crippen LogP contribution in [0.4, 0.5) is 4.79 Å². The minimum absolute atomic E-state index is 0.0733. The molecule has 0 radical (unpaired) electrons. The Bertz CT molecular complexity index is 1570. The fourth-order valence-corrected chi connectivity index (χ4v) is 6.36. The maximum absolute atomic E-state index is 12.8. The number of piperidine rings is 2. The van der Waals surface area contributed by atoms with Crippen LogP contribution < -0.4 is 24.3 Å². The number of methoxy groups -OCH3 is 2. The van der Waals surface area contributed by atoms with E-state index in [1.54, 1.807) is 26.5 Å². The Labute approximate surface area is 257 Å². The monoisotopic (exact) mass is 606 g/mol. The molecule has 4 aromatic rings. The average molecular weight is 607 g/mol. The van der Waals surface area contributed by atoms with Crippen LogP contribution in [0.15, 0.2) is 47.1 Å². The highest BCUT2D eigenvalue weighted by atomic mass is 16.6. The van der Waals surface area contributed by atoms with Crippen molar-refractivity contribution in [3.8, 4) is 23.1 Å². The van der Waals surface area contributed by atoms with Crippen molar-refractivity contribution in [3.05, 3.63) is 48.2 Å². The topological polar surface area (TPSA) is 122 Å². The van der Waals surface area contributed by atoms with E-state index in [0.29, 0.717) is 34.8 Å². The van der Waals surface area contributed by atoms with E-state index in [2.05, 4.69) is 27.0 Å². The number of nitrogens with zero attached hydrogens (tertiary/aromatic N) is 2. The molecule has 1 amide bonds. The first-order chi connectivity index (χ1) is 21.4. The zero-order chi connectivity index (χ0) is 30.6. The molecule has 2 aliphatic heterocycles. The van der Waals surface area contributed by atoms with Gasteiger partial charge < -0.3 is 43.7 Å². The lowest BCUT2D eigenvalue weighted by atomic mass is 10.0. The van der Waals surface area contributed by atoms with Crippen molar-refractivity contribution in [3.63, 3.8) is 0 Å². The summed E-state index contributed by atoms with van der Waals surface area (Å²) in [5, 5.41) is 14.5. The molecule has 236 valence electrons. The number of aliphatic hydroxyl groups excluding tert-OH is 1. The van der Waals surface area contributed by atoms with E-state index in [1.165, 1.54) is 0 Å². The number of nitrogens with one attached hydrogen (secondary N) is 2. The molecule has 2 aliphatic rings. The summed E-state index contributed by atoms with van der Waals surface area (Å²) in [6, 6.07) is 11.6. The van der Waals surface area contributed by atoms with Crippen molar-refractivity contribution in [1.82, 2.24) is 20.1 Å². The van der Waals surface area contributed by atoms with Crippen molar-refractivity contribution in [2.45, 2.75) is 57.4 Å². The third kappa shape index (κ3) is 6.74. The Morgan fingerprint density at radius 3 is 2.61 bits per heavy atom. The number of ether oxygens (including phenoxy) is 4. The maximum Gasteiger partial charge on any atom is 0.414 e. The van der Waals surface area contributed by atoms with E-state index in [1.807, 2.05) is 30.3 Å². The van der Waals surface area contributed by atoms with E-state index in [0.717, 1.165) is 80.3 Å². The zero-order valence-corrected chi connectivity index (χ0v) is 25.6. The van der Waals surface area contributed by atoms with E-state index < -0.39 is 6.09 Å². The van der Waals surface area contributed by atoms with Gasteiger partial charge in [0.05, 0.1) is 37.5 Å². The predicted molar refractivity (Wildman–Crippen MR) is 167 cm³/mol. The molecule has 0 saturated carbocycles. The van der Waals surface area contributed by atoms with Crippen LogP contribution in [-0.4, -0.2) is 91.1 Å². The van der Waals surface area contributed by atoms with Crippen molar-refractivity contribution < 1.29 is 33.3 Å². The maximum atomic E-state index is 12.8. The van der Waals surface area contributed by atoms with Gasteiger partial charge in [-0.1, -0.05) is 6.07 Å². The first-order valence-electron chi connectivity index (χ1n) is 15.4. The van der Waals surface area contributed by atoms with Gasteiger partial charge in [0.2, 0.25) is 5.88 Å². The molecule has 2 saturated heterocycles. The van der Waals surface area contributed by atoms with Gasteiger partial charge in [0, 0.05) is 74.0 Å². The summed E-state index contributed by atoms with van der Waals surface area (Å²) in [6.45, 7) is 7.32. The van der Waals surface area contributed by atoms with Gasteiger partial charge in [-0.15, -0.1) is 0 Å². The van der Waals surface area contributed by atoms with Crippen LogP contribution in [0.25, 0.3) is 21.9 Å². The number of likely N-dealkylation sites (tertiary alicyclic amines) is 2. The van der Waals surface area contributed by atoms with Gasteiger partial charge in [0.1, 0.15) is 29.4 Å². The van der Waals surface area contributed by atoms with E-state index in [4.69, 9.17) is 23.4 Å². The lowest BCUT2D eigenvalue weighted by Crippen LogP contribution is -2.50. The Morgan fingerprint density at radius 1 is 1.07 bits per heavy atom. The Morgan fingerprint density at radius 2 is 1.86 bits per heavy atom. The summed E-state index contributed by atoms with van der Waals surface area (Å²) < 4.78 is 28.5. The predicted octanol–water partition coefficient (Wildman–Crippen LogP) is 4.91. The minimum Gasteiger partial charge on any atom is -0.496 e. The van der Waals surface area contributed by atoms with Gasteiger partial charge in [-0.05, 0) is 44.7 Å². The molecule has 3 N–H and O–H groups in total. The molecule has 1 atom stereocenters. The summed E-state index contributed by atoms with van der Waals surface area (Å²) in [6.07, 6.45) is 4.52. The summed E-state index contributed by atoms with van der Waals surface area (Å²) >= 11 is 0. The van der Waals surface area contributed by atoms with E-state index in [9.17, 15) is 9.90 Å². The van der Waals surface area contributed by atoms with Crippen LogP contribution in [0.1, 0.15) is 38.2 Å². The van der Waals surface area contributed by atoms with Gasteiger partial charge in [-0.3, -0.25) is 4.90 Å². The Balaban J connectivity index is 1.02. The lowest BCUT2D eigenvalue weighted by Gasteiger charge is -2.39. The number of carbonyl (C=O) groups is 1. The number of aromatic amines is 1. The smallest absolute Gasteiger partial charge is 0.414 e. The SMILES string of the molecule is COc1cc(OC)c2c(COc3cccc4[nH]c(OC(=O)NC5CCN(C[C@H](C)N6CCC(O)CC6)CC5)cc34)coc2c1. The number of fused-ring (bicyclic) bond motifs is 2. The molecule has 2 fully saturated rings. The van der Waals surface area contributed by atoms with Crippen LogP contribution in [0.2, 0.25) is 0 Å². The van der Waals surface area contributed by atoms with Gasteiger partial charge in [-0.2, -0.15) is 0 Å². The molecular weight excluding hydrogens is 564 g/mol. The second kappa shape index (κ2) is 13.4. The van der Waals surface area contributed by atoms with Crippen molar-refractivity contribution in [1.29, 1.82) is 0 Å². The largest absolute Gasteiger partial charge is 0.496 e. The normalized spacial score (nSPS) is 18.0. The third-order valence-electron chi connectivity index (χ3n) is 8.88. The van der Waals surface area contributed by atoms with Crippen LogP contribution in [0, 0.1) is 0 Å². The molecule has 0 bridgehead atoms. The Kier molecular flexibility index (Phi) is 9.15. The molecule has 6 rings (SSSR count).